The number of fused-ring (bicyclic) bond motifs is 3. The van der Waals surface area contributed by atoms with Crippen LogP contribution in [0.5, 0.6) is 5.75 Å². The molecule has 0 fully saturated rings. The van der Waals surface area contributed by atoms with E-state index in [1.807, 2.05) is 66.6 Å². The molecule has 184 valence electrons. The molecule has 0 radical (unpaired) electrons. The van der Waals surface area contributed by atoms with Crippen molar-refractivity contribution in [1.29, 1.82) is 0 Å². The molecule has 5 aromatic rings. The average molecular weight is 494 g/mol. The predicted molar refractivity (Wildman–Crippen MR) is 155 cm³/mol. The van der Waals surface area contributed by atoms with Gasteiger partial charge in [0.25, 0.3) is 0 Å². The Labute approximate surface area is 222 Å². The third-order valence-corrected chi connectivity index (χ3v) is 6.96. The van der Waals surface area contributed by atoms with Crippen molar-refractivity contribution in [1.82, 2.24) is 4.98 Å². The number of para-hydroxylation sites is 2. The van der Waals surface area contributed by atoms with Crippen LogP contribution in [0, 0.1) is 0 Å². The monoisotopic (exact) mass is 493 g/mol. The number of rotatable bonds is 6. The minimum absolute atomic E-state index is 0.183. The van der Waals surface area contributed by atoms with Crippen LogP contribution in [0.25, 0.3) is 22.4 Å². The Balaban J connectivity index is 1.61. The third-order valence-electron chi connectivity index (χ3n) is 6.96. The third kappa shape index (κ3) is 3.87. The van der Waals surface area contributed by atoms with E-state index in [2.05, 4.69) is 72.8 Å². The molecule has 1 aliphatic rings. The molecular formula is C34H27N3O. The first-order chi connectivity index (χ1) is 18.7. The van der Waals surface area contributed by atoms with Crippen LogP contribution in [0.4, 0.5) is 5.69 Å². The molecule has 0 bridgehead atoms. The number of aromatic nitrogens is 1. The van der Waals surface area contributed by atoms with Crippen molar-refractivity contribution in [3.8, 4) is 28.1 Å². The van der Waals surface area contributed by atoms with E-state index in [-0.39, 0.29) is 5.75 Å². The Morgan fingerprint density at radius 3 is 2.03 bits per heavy atom. The molecule has 4 aromatic carbocycles. The highest BCUT2D eigenvalue weighted by Gasteiger charge is 2.45. The summed E-state index contributed by atoms with van der Waals surface area (Å²) in [4.78, 5) is 12.4. The van der Waals surface area contributed by atoms with E-state index >= 15 is 0 Å². The number of hydrogen-bond acceptors (Lipinski definition) is 3. The van der Waals surface area contributed by atoms with Crippen LogP contribution in [-0.4, -0.2) is 16.4 Å². The van der Waals surface area contributed by atoms with Gasteiger partial charge in [0.2, 0.25) is 0 Å². The molecule has 1 heterocycles. The number of phenols is 1. The minimum Gasteiger partial charge on any atom is -0.506 e. The Bertz CT molecular complexity index is 1610. The first kappa shape index (κ1) is 23.4. The van der Waals surface area contributed by atoms with E-state index in [0.717, 1.165) is 39.2 Å². The van der Waals surface area contributed by atoms with Crippen LogP contribution in [0.1, 0.15) is 23.7 Å². The van der Waals surface area contributed by atoms with Crippen LogP contribution in [0.3, 0.4) is 0 Å². The summed E-state index contributed by atoms with van der Waals surface area (Å²) in [6.45, 7) is 1.95. The molecule has 0 amide bonds. The number of anilines is 1. The van der Waals surface area contributed by atoms with Crippen molar-refractivity contribution in [3.63, 3.8) is 0 Å². The molecule has 0 unspecified atom stereocenters. The predicted octanol–water partition coefficient (Wildman–Crippen LogP) is 7.80. The van der Waals surface area contributed by atoms with Gasteiger partial charge in [-0.05, 0) is 53.4 Å². The van der Waals surface area contributed by atoms with E-state index in [9.17, 15) is 5.11 Å². The lowest BCUT2D eigenvalue weighted by atomic mass is 9.84. The van der Waals surface area contributed by atoms with Crippen molar-refractivity contribution in [2.75, 3.05) is 4.90 Å². The lowest BCUT2D eigenvalue weighted by Gasteiger charge is -2.29. The Morgan fingerprint density at radius 1 is 0.711 bits per heavy atom. The maximum atomic E-state index is 10.6. The second kappa shape index (κ2) is 9.83. The number of nitrogens with zero attached hydrogens (tertiary/aromatic N) is 3. The molecule has 6 rings (SSSR count). The summed E-state index contributed by atoms with van der Waals surface area (Å²) in [7, 11) is 0. The maximum absolute atomic E-state index is 10.6. The zero-order chi connectivity index (χ0) is 26.0. The number of allylic oxidation sites excluding steroid dienone is 1. The van der Waals surface area contributed by atoms with Gasteiger partial charge >= 0.3 is 0 Å². The molecule has 38 heavy (non-hydrogen) atoms. The Kier molecular flexibility index (Phi) is 6.06. The van der Waals surface area contributed by atoms with Gasteiger partial charge < -0.3 is 10.0 Å². The lowest BCUT2D eigenvalue weighted by Crippen LogP contribution is -2.28. The molecule has 0 saturated heterocycles. The van der Waals surface area contributed by atoms with E-state index in [0.29, 0.717) is 5.69 Å². The van der Waals surface area contributed by atoms with E-state index in [4.69, 9.17) is 9.98 Å². The number of aliphatic imine (C=N–C) groups is 1. The van der Waals surface area contributed by atoms with Crippen LogP contribution < -0.4 is 4.90 Å². The fraction of sp³-hybridized carbons (Fsp3) is 0.0588. The molecular weight excluding hydrogens is 466 g/mol. The molecule has 4 heteroatoms. The highest BCUT2D eigenvalue weighted by molar-refractivity contribution is 5.88. The number of aromatic hydroxyl groups is 1. The molecule has 1 aliphatic carbocycles. The smallest absolute Gasteiger partial charge is 0.155 e. The van der Waals surface area contributed by atoms with Gasteiger partial charge in [-0.15, -0.1) is 0 Å². The summed E-state index contributed by atoms with van der Waals surface area (Å²) < 4.78 is 0. The van der Waals surface area contributed by atoms with Gasteiger partial charge in [0.1, 0.15) is 5.75 Å². The van der Waals surface area contributed by atoms with E-state index in [1.54, 1.807) is 12.4 Å². The quantitative estimate of drug-likeness (QED) is 0.194. The largest absolute Gasteiger partial charge is 0.506 e. The van der Waals surface area contributed by atoms with Gasteiger partial charge in [-0.1, -0.05) is 103 Å². The van der Waals surface area contributed by atoms with Gasteiger partial charge in [0.05, 0.1) is 23.4 Å². The summed E-state index contributed by atoms with van der Waals surface area (Å²) in [6, 6.07) is 40.5. The Morgan fingerprint density at radius 2 is 1.34 bits per heavy atom. The second-order valence-electron chi connectivity index (χ2n) is 9.20. The average Bonchev–Trinajstić information content (AvgIpc) is 3.27. The van der Waals surface area contributed by atoms with Gasteiger partial charge in [-0.25, -0.2) is 4.98 Å². The molecule has 0 saturated carbocycles. The molecule has 0 spiro atoms. The molecule has 1 aromatic heterocycles. The highest BCUT2D eigenvalue weighted by atomic mass is 16.3. The fourth-order valence-corrected chi connectivity index (χ4v) is 5.27. The van der Waals surface area contributed by atoms with Crippen molar-refractivity contribution in [2.24, 2.45) is 4.99 Å². The van der Waals surface area contributed by atoms with Crippen molar-refractivity contribution >= 4 is 12.0 Å². The Hall–Kier alpha value is -4.96. The first-order valence-corrected chi connectivity index (χ1v) is 12.7. The molecule has 4 nitrogen and oxygen atoms in total. The molecule has 0 aliphatic heterocycles. The summed E-state index contributed by atoms with van der Waals surface area (Å²) >= 11 is 0. The van der Waals surface area contributed by atoms with Crippen molar-refractivity contribution < 1.29 is 5.11 Å². The van der Waals surface area contributed by atoms with Gasteiger partial charge in [0.15, 0.2) is 5.54 Å². The van der Waals surface area contributed by atoms with Crippen LogP contribution >= 0.6 is 0 Å². The normalized spacial score (nSPS) is 13.5. The summed E-state index contributed by atoms with van der Waals surface area (Å²) in [6.07, 6.45) is 5.62. The lowest BCUT2D eigenvalue weighted by molar-refractivity contribution is 0.476. The van der Waals surface area contributed by atoms with E-state index < -0.39 is 5.54 Å². The number of hydrogen-bond donors (Lipinski definition) is 1. The SMILES string of the molecule is C/C=C\N(C=NC1(c2cccc(-c3ccccc3)n2)c2ccccc2-c2ccccc21)c1ccccc1O. The zero-order valence-electron chi connectivity index (χ0n) is 21.1. The number of pyridine rings is 1. The van der Waals surface area contributed by atoms with Crippen LogP contribution in [-0.2, 0) is 5.54 Å². The molecule has 0 atom stereocenters. The summed E-state index contributed by atoms with van der Waals surface area (Å²) in [5, 5.41) is 10.6. The first-order valence-electron chi connectivity index (χ1n) is 12.7. The van der Waals surface area contributed by atoms with Gasteiger partial charge in [-0.2, -0.15) is 0 Å². The molecule has 1 N–H and O–H groups in total. The van der Waals surface area contributed by atoms with Crippen LogP contribution in [0.15, 0.2) is 139 Å². The zero-order valence-corrected chi connectivity index (χ0v) is 21.1. The highest BCUT2D eigenvalue weighted by Crippen LogP contribution is 2.53. The fourth-order valence-electron chi connectivity index (χ4n) is 5.27. The summed E-state index contributed by atoms with van der Waals surface area (Å²) in [5.74, 6) is 0.183. The number of phenolic OH excluding ortho intramolecular Hbond substituents is 1. The van der Waals surface area contributed by atoms with Gasteiger partial charge in [-0.3, -0.25) is 4.99 Å². The van der Waals surface area contributed by atoms with Crippen LogP contribution in [0.2, 0.25) is 0 Å². The van der Waals surface area contributed by atoms with Crippen molar-refractivity contribution in [2.45, 2.75) is 12.5 Å². The van der Waals surface area contributed by atoms with Gasteiger partial charge in [0, 0.05) is 11.8 Å². The second-order valence-corrected chi connectivity index (χ2v) is 9.20. The minimum atomic E-state index is -0.873. The van der Waals surface area contributed by atoms with E-state index in [1.165, 1.54) is 0 Å². The number of benzene rings is 4. The van der Waals surface area contributed by atoms with Crippen molar-refractivity contribution in [3.05, 3.63) is 150 Å². The maximum Gasteiger partial charge on any atom is 0.155 e. The summed E-state index contributed by atoms with van der Waals surface area (Å²) in [5.41, 5.74) is 7.01. The standard InChI is InChI=1S/C34H27N3O/c1-2-23-37(31-20-10-11-21-32(31)38)24-35-34(33-22-12-19-30(36-33)25-13-4-3-5-14-25)28-17-8-6-15-26(28)27-16-7-9-18-29(27)34/h2-24,38H,1H3/b23-2-,35-24?. The topological polar surface area (TPSA) is 48.7 Å².